The summed E-state index contributed by atoms with van der Waals surface area (Å²) in [6, 6.07) is 8.17. The van der Waals surface area contributed by atoms with Crippen LogP contribution >= 0.6 is 0 Å². The van der Waals surface area contributed by atoms with Gasteiger partial charge in [0.1, 0.15) is 5.82 Å². The molecule has 0 amide bonds. The largest absolute Gasteiger partial charge is 0.352 e. The molecule has 0 atom stereocenters. The summed E-state index contributed by atoms with van der Waals surface area (Å²) in [4.78, 5) is 17.1. The van der Waals surface area contributed by atoms with Crippen LogP contribution in [-0.4, -0.2) is 54.1 Å². The van der Waals surface area contributed by atoms with Gasteiger partial charge in [-0.25, -0.2) is 14.4 Å². The average molecular weight is 353 g/mol. The summed E-state index contributed by atoms with van der Waals surface area (Å²) in [6.45, 7) is 3.36. The molecule has 2 heterocycles. The van der Waals surface area contributed by atoms with Crippen LogP contribution in [0.4, 0.5) is 10.3 Å². The number of halogens is 1. The van der Waals surface area contributed by atoms with E-state index in [1.807, 2.05) is 6.07 Å². The van der Waals surface area contributed by atoms with E-state index >= 15 is 0 Å². The maximum Gasteiger partial charge on any atom is 0.225 e. The molecule has 1 aliphatic heterocycles. The molecule has 0 unspecified atom stereocenters. The van der Waals surface area contributed by atoms with E-state index in [4.69, 9.17) is 5.26 Å². The van der Waals surface area contributed by atoms with E-state index in [-0.39, 0.29) is 12.4 Å². The number of rotatable bonds is 3. The van der Waals surface area contributed by atoms with Gasteiger partial charge >= 0.3 is 0 Å². The Bertz CT molecular complexity index is 808. The van der Waals surface area contributed by atoms with Crippen LogP contribution in [0.15, 0.2) is 41.7 Å². The zero-order chi connectivity index (χ0) is 18.4. The maximum absolute atomic E-state index is 13.9. The van der Waals surface area contributed by atoms with Gasteiger partial charge in [0, 0.05) is 57.7 Å². The molecule has 2 aromatic rings. The fourth-order valence-electron chi connectivity index (χ4n) is 2.86. The summed E-state index contributed by atoms with van der Waals surface area (Å²) in [6.07, 6.45) is 3.47. The van der Waals surface area contributed by atoms with Crippen LogP contribution in [0.3, 0.4) is 0 Å². The van der Waals surface area contributed by atoms with Gasteiger partial charge < -0.3 is 15.1 Å². The van der Waals surface area contributed by atoms with E-state index in [1.165, 1.54) is 12.1 Å². The molecule has 1 N–H and O–H groups in total. The van der Waals surface area contributed by atoms with Gasteiger partial charge in [0.2, 0.25) is 5.95 Å². The number of hydrogen-bond donors (Lipinski definition) is 1. The molecular weight excluding hydrogens is 333 g/mol. The van der Waals surface area contributed by atoms with Crippen molar-refractivity contribution in [3.8, 4) is 6.07 Å². The lowest BCUT2D eigenvalue weighted by molar-refractivity contribution is 0.369. The lowest BCUT2D eigenvalue weighted by Crippen LogP contribution is -2.52. The quantitative estimate of drug-likeness (QED) is 0.663. The van der Waals surface area contributed by atoms with Gasteiger partial charge in [-0.15, -0.1) is 0 Å². The van der Waals surface area contributed by atoms with Gasteiger partial charge in [0.25, 0.3) is 0 Å². The van der Waals surface area contributed by atoms with E-state index in [0.29, 0.717) is 17.1 Å². The van der Waals surface area contributed by atoms with Crippen molar-refractivity contribution in [1.29, 1.82) is 5.26 Å². The van der Waals surface area contributed by atoms with Crippen LogP contribution in [0.5, 0.6) is 0 Å². The Morgan fingerprint density at radius 3 is 2.65 bits per heavy atom. The van der Waals surface area contributed by atoms with E-state index in [1.54, 1.807) is 31.6 Å². The molecule has 8 heteroatoms. The number of nitrogens with one attached hydrogen (secondary N) is 1. The Morgan fingerprint density at radius 1 is 1.27 bits per heavy atom. The summed E-state index contributed by atoms with van der Waals surface area (Å²) < 4.78 is 13.9. The maximum atomic E-state index is 13.9. The average Bonchev–Trinajstić information content (AvgIpc) is 2.71. The van der Waals surface area contributed by atoms with Crippen LogP contribution in [0, 0.1) is 17.1 Å². The number of guanidine groups is 1. The third-order valence-electron chi connectivity index (χ3n) is 4.24. The molecule has 134 valence electrons. The number of nitriles is 1. The van der Waals surface area contributed by atoms with Crippen molar-refractivity contribution in [2.45, 2.75) is 6.54 Å². The molecule has 26 heavy (non-hydrogen) atoms. The SMILES string of the molecule is CN=C(NCc1cc(C#N)ccc1F)N1CCN(c2ncccn2)CC1. The first-order valence-corrected chi connectivity index (χ1v) is 8.37. The van der Waals surface area contributed by atoms with Gasteiger partial charge in [-0.3, -0.25) is 4.99 Å². The lowest BCUT2D eigenvalue weighted by atomic mass is 10.1. The van der Waals surface area contributed by atoms with Gasteiger partial charge in [0.15, 0.2) is 5.96 Å². The third-order valence-corrected chi connectivity index (χ3v) is 4.24. The number of anilines is 1. The molecule has 1 saturated heterocycles. The number of nitrogens with zero attached hydrogens (tertiary/aromatic N) is 6. The summed E-state index contributed by atoms with van der Waals surface area (Å²) in [5.74, 6) is 1.10. The van der Waals surface area contributed by atoms with Crippen molar-refractivity contribution in [3.05, 3.63) is 53.6 Å². The van der Waals surface area contributed by atoms with Crippen LogP contribution in [0.1, 0.15) is 11.1 Å². The molecular formula is C18H20FN7. The van der Waals surface area contributed by atoms with Crippen LogP contribution in [-0.2, 0) is 6.54 Å². The Morgan fingerprint density at radius 2 is 2.00 bits per heavy atom. The smallest absolute Gasteiger partial charge is 0.225 e. The van der Waals surface area contributed by atoms with Crippen molar-refractivity contribution < 1.29 is 4.39 Å². The third kappa shape index (κ3) is 4.06. The van der Waals surface area contributed by atoms with Crippen molar-refractivity contribution in [2.75, 3.05) is 38.1 Å². The molecule has 0 spiro atoms. The lowest BCUT2D eigenvalue weighted by Gasteiger charge is -2.36. The Labute approximate surface area is 151 Å². The van der Waals surface area contributed by atoms with E-state index < -0.39 is 0 Å². The van der Waals surface area contributed by atoms with Crippen LogP contribution in [0.25, 0.3) is 0 Å². The van der Waals surface area contributed by atoms with Crippen LogP contribution < -0.4 is 10.2 Å². The van der Waals surface area contributed by atoms with Gasteiger partial charge in [-0.05, 0) is 24.3 Å². The van der Waals surface area contributed by atoms with Gasteiger partial charge in [-0.2, -0.15) is 5.26 Å². The Balaban J connectivity index is 1.58. The summed E-state index contributed by atoms with van der Waals surface area (Å²) >= 11 is 0. The topological polar surface area (TPSA) is 80.4 Å². The van der Waals surface area contributed by atoms with Gasteiger partial charge in [-0.1, -0.05) is 0 Å². The molecule has 0 radical (unpaired) electrons. The first kappa shape index (κ1) is 17.6. The van der Waals surface area contributed by atoms with Crippen molar-refractivity contribution in [3.63, 3.8) is 0 Å². The monoisotopic (exact) mass is 353 g/mol. The molecule has 0 saturated carbocycles. The van der Waals surface area contributed by atoms with E-state index in [2.05, 4.69) is 30.1 Å². The normalized spacial score (nSPS) is 14.9. The number of benzene rings is 1. The predicted octanol–water partition coefficient (Wildman–Crippen LogP) is 1.38. The number of piperazine rings is 1. The first-order valence-electron chi connectivity index (χ1n) is 8.37. The highest BCUT2D eigenvalue weighted by molar-refractivity contribution is 5.80. The fraction of sp³-hybridized carbons (Fsp3) is 0.333. The summed E-state index contributed by atoms with van der Waals surface area (Å²) in [7, 11) is 1.71. The molecule has 7 nitrogen and oxygen atoms in total. The molecule has 3 rings (SSSR count). The highest BCUT2D eigenvalue weighted by Gasteiger charge is 2.21. The second kappa shape index (κ2) is 8.25. The van der Waals surface area contributed by atoms with Crippen LogP contribution in [0.2, 0.25) is 0 Å². The van der Waals surface area contributed by atoms with Gasteiger partial charge in [0.05, 0.1) is 11.6 Å². The van der Waals surface area contributed by atoms with E-state index in [9.17, 15) is 4.39 Å². The van der Waals surface area contributed by atoms with Crippen molar-refractivity contribution in [2.24, 2.45) is 4.99 Å². The standard InChI is InChI=1S/C18H20FN7/c1-21-17(24-13-15-11-14(12-20)3-4-16(15)19)25-7-9-26(10-8-25)18-22-5-2-6-23-18/h2-6,11H,7-10,13H2,1H3,(H,21,24). The number of aromatic nitrogens is 2. The second-order valence-electron chi connectivity index (χ2n) is 5.84. The Kier molecular flexibility index (Phi) is 5.59. The van der Waals surface area contributed by atoms with Crippen molar-refractivity contribution >= 4 is 11.9 Å². The zero-order valence-corrected chi connectivity index (χ0v) is 14.6. The summed E-state index contributed by atoms with van der Waals surface area (Å²) in [5, 5.41) is 12.1. The fourth-order valence-corrected chi connectivity index (χ4v) is 2.86. The van der Waals surface area contributed by atoms with E-state index in [0.717, 1.165) is 32.1 Å². The highest BCUT2D eigenvalue weighted by atomic mass is 19.1. The molecule has 1 aliphatic rings. The predicted molar refractivity (Wildman–Crippen MR) is 97.1 cm³/mol. The number of hydrogen-bond acceptors (Lipinski definition) is 5. The zero-order valence-electron chi connectivity index (χ0n) is 14.6. The second-order valence-corrected chi connectivity index (χ2v) is 5.84. The molecule has 1 fully saturated rings. The Hall–Kier alpha value is -3.21. The number of aliphatic imine (C=N–C) groups is 1. The molecule has 0 bridgehead atoms. The minimum atomic E-state index is -0.335. The molecule has 0 aliphatic carbocycles. The molecule has 1 aromatic carbocycles. The summed E-state index contributed by atoms with van der Waals surface area (Å²) in [5.41, 5.74) is 0.885. The minimum Gasteiger partial charge on any atom is -0.352 e. The first-order chi connectivity index (χ1) is 12.7. The molecule has 1 aromatic heterocycles. The van der Waals surface area contributed by atoms with Crippen molar-refractivity contribution in [1.82, 2.24) is 20.2 Å². The highest BCUT2D eigenvalue weighted by Crippen LogP contribution is 2.12. The minimum absolute atomic E-state index is 0.274.